The van der Waals surface area contributed by atoms with E-state index in [0.29, 0.717) is 11.2 Å². The molecule has 1 aromatic carbocycles. The number of carboxylic acids is 1. The summed E-state index contributed by atoms with van der Waals surface area (Å²) in [5, 5.41) is 8.96. The summed E-state index contributed by atoms with van der Waals surface area (Å²) in [6, 6.07) is 11.3. The molecule has 0 amide bonds. The molecule has 5 heteroatoms. The summed E-state index contributed by atoms with van der Waals surface area (Å²) in [7, 11) is 0. The molecule has 94 valence electrons. The molecule has 0 atom stereocenters. The predicted molar refractivity (Wildman–Crippen MR) is 70.6 cm³/mol. The van der Waals surface area contributed by atoms with Gasteiger partial charge in [0.2, 0.25) is 0 Å². The quantitative estimate of drug-likeness (QED) is 0.761. The van der Waals surface area contributed by atoms with Crippen LogP contribution in [0.3, 0.4) is 0 Å². The lowest BCUT2D eigenvalue weighted by Crippen LogP contribution is -2.00. The van der Waals surface area contributed by atoms with Crippen LogP contribution in [0, 0.1) is 6.92 Å². The highest BCUT2D eigenvalue weighted by Gasteiger charge is 2.12. The van der Waals surface area contributed by atoms with Gasteiger partial charge < -0.3 is 5.11 Å². The summed E-state index contributed by atoms with van der Waals surface area (Å²) in [5.74, 6) is -0.224. The molecule has 19 heavy (non-hydrogen) atoms. The van der Waals surface area contributed by atoms with Crippen molar-refractivity contribution in [2.45, 2.75) is 6.92 Å². The Bertz CT molecular complexity index is 763. The number of aryl methyl sites for hydroxylation is 1. The van der Waals surface area contributed by atoms with Crippen LogP contribution in [0.15, 0.2) is 42.6 Å². The third-order valence-electron chi connectivity index (χ3n) is 2.93. The standard InChI is InChI=1S/C14H11N3O2/c1-9-16-12-7-10(14(18)19)8-15-13(12)17(9)11-5-3-2-4-6-11/h2-8H,1H3,(H,18,19). The zero-order valence-corrected chi connectivity index (χ0v) is 10.2. The molecule has 0 aliphatic carbocycles. The van der Waals surface area contributed by atoms with Gasteiger partial charge in [0, 0.05) is 11.9 Å². The highest BCUT2D eigenvalue weighted by Crippen LogP contribution is 2.20. The molecule has 0 aliphatic rings. The molecule has 0 bridgehead atoms. The summed E-state index contributed by atoms with van der Waals surface area (Å²) in [4.78, 5) is 19.5. The number of para-hydroxylation sites is 1. The van der Waals surface area contributed by atoms with Gasteiger partial charge in [0.05, 0.1) is 5.56 Å². The van der Waals surface area contributed by atoms with E-state index >= 15 is 0 Å². The Morgan fingerprint density at radius 3 is 2.68 bits per heavy atom. The Kier molecular flexibility index (Phi) is 2.52. The van der Waals surface area contributed by atoms with Crippen molar-refractivity contribution >= 4 is 17.1 Å². The summed E-state index contributed by atoms with van der Waals surface area (Å²) >= 11 is 0. The average Bonchev–Trinajstić information content (AvgIpc) is 2.74. The van der Waals surface area contributed by atoms with E-state index in [9.17, 15) is 4.79 Å². The second-order valence-electron chi connectivity index (χ2n) is 4.20. The minimum atomic E-state index is -0.999. The number of carboxylic acid groups (broad SMARTS) is 1. The number of rotatable bonds is 2. The van der Waals surface area contributed by atoms with Crippen LogP contribution >= 0.6 is 0 Å². The van der Waals surface area contributed by atoms with Crippen molar-refractivity contribution in [2.24, 2.45) is 0 Å². The van der Waals surface area contributed by atoms with Crippen molar-refractivity contribution in [1.29, 1.82) is 0 Å². The molecule has 0 unspecified atom stereocenters. The first-order valence-corrected chi connectivity index (χ1v) is 5.80. The lowest BCUT2D eigenvalue weighted by Gasteiger charge is -2.05. The number of aromatic nitrogens is 3. The highest BCUT2D eigenvalue weighted by atomic mass is 16.4. The van der Waals surface area contributed by atoms with E-state index in [1.54, 1.807) is 0 Å². The van der Waals surface area contributed by atoms with Gasteiger partial charge in [0.15, 0.2) is 5.65 Å². The monoisotopic (exact) mass is 253 g/mol. The average molecular weight is 253 g/mol. The van der Waals surface area contributed by atoms with Gasteiger partial charge >= 0.3 is 5.97 Å². The maximum absolute atomic E-state index is 10.9. The third-order valence-corrected chi connectivity index (χ3v) is 2.93. The number of nitrogens with zero attached hydrogens (tertiary/aromatic N) is 3. The van der Waals surface area contributed by atoms with E-state index in [1.807, 2.05) is 41.8 Å². The van der Waals surface area contributed by atoms with E-state index in [0.717, 1.165) is 11.5 Å². The van der Waals surface area contributed by atoms with Gasteiger partial charge in [-0.1, -0.05) is 18.2 Å². The normalized spacial score (nSPS) is 10.8. The fourth-order valence-corrected chi connectivity index (χ4v) is 2.08. The van der Waals surface area contributed by atoms with Crippen molar-refractivity contribution in [3.8, 4) is 5.69 Å². The number of hydrogen-bond acceptors (Lipinski definition) is 3. The lowest BCUT2D eigenvalue weighted by atomic mass is 10.2. The van der Waals surface area contributed by atoms with E-state index < -0.39 is 5.97 Å². The van der Waals surface area contributed by atoms with Crippen LogP contribution in [0.5, 0.6) is 0 Å². The molecule has 1 N–H and O–H groups in total. The first-order chi connectivity index (χ1) is 9.16. The first-order valence-electron chi connectivity index (χ1n) is 5.80. The fraction of sp³-hybridized carbons (Fsp3) is 0.0714. The Morgan fingerprint density at radius 2 is 2.00 bits per heavy atom. The maximum Gasteiger partial charge on any atom is 0.337 e. The Balaban J connectivity index is 2.27. The fourth-order valence-electron chi connectivity index (χ4n) is 2.08. The maximum atomic E-state index is 10.9. The Labute approximate surface area is 109 Å². The van der Waals surface area contributed by atoms with Crippen LogP contribution in [-0.2, 0) is 0 Å². The number of aromatic carboxylic acids is 1. The van der Waals surface area contributed by atoms with Gasteiger partial charge in [-0.2, -0.15) is 0 Å². The second-order valence-corrected chi connectivity index (χ2v) is 4.20. The van der Waals surface area contributed by atoms with Crippen molar-refractivity contribution < 1.29 is 9.90 Å². The van der Waals surface area contributed by atoms with E-state index in [1.165, 1.54) is 12.3 Å². The summed E-state index contributed by atoms with van der Waals surface area (Å²) < 4.78 is 1.90. The molecule has 0 aliphatic heterocycles. The summed E-state index contributed by atoms with van der Waals surface area (Å²) in [6.45, 7) is 1.87. The smallest absolute Gasteiger partial charge is 0.337 e. The Morgan fingerprint density at radius 1 is 1.26 bits per heavy atom. The summed E-state index contributed by atoms with van der Waals surface area (Å²) in [5.41, 5.74) is 2.35. The Hall–Kier alpha value is -2.69. The number of imidazole rings is 1. The van der Waals surface area contributed by atoms with E-state index in [-0.39, 0.29) is 5.56 Å². The molecule has 0 saturated carbocycles. The minimum absolute atomic E-state index is 0.144. The van der Waals surface area contributed by atoms with Gasteiger partial charge in [-0.3, -0.25) is 4.57 Å². The van der Waals surface area contributed by atoms with Crippen molar-refractivity contribution in [3.05, 3.63) is 54.0 Å². The van der Waals surface area contributed by atoms with Crippen LogP contribution < -0.4 is 0 Å². The molecule has 5 nitrogen and oxygen atoms in total. The topological polar surface area (TPSA) is 68.0 Å². The number of benzene rings is 1. The second kappa shape index (κ2) is 4.20. The zero-order chi connectivity index (χ0) is 13.4. The number of carbonyl (C=O) groups is 1. The van der Waals surface area contributed by atoms with Crippen molar-refractivity contribution in [2.75, 3.05) is 0 Å². The van der Waals surface area contributed by atoms with Gasteiger partial charge in [-0.25, -0.2) is 14.8 Å². The van der Waals surface area contributed by atoms with Gasteiger partial charge in [0.1, 0.15) is 11.3 Å². The van der Waals surface area contributed by atoms with Crippen LogP contribution in [0.2, 0.25) is 0 Å². The molecular weight excluding hydrogens is 242 g/mol. The van der Waals surface area contributed by atoms with Gasteiger partial charge in [-0.15, -0.1) is 0 Å². The molecule has 3 rings (SSSR count). The molecule has 0 saturated heterocycles. The molecule has 0 fully saturated rings. The van der Waals surface area contributed by atoms with Crippen LogP contribution in [0.4, 0.5) is 0 Å². The number of fused-ring (bicyclic) bond motifs is 1. The molecule has 2 heterocycles. The van der Waals surface area contributed by atoms with Gasteiger partial charge in [0.25, 0.3) is 0 Å². The minimum Gasteiger partial charge on any atom is -0.478 e. The van der Waals surface area contributed by atoms with Crippen molar-refractivity contribution in [1.82, 2.24) is 14.5 Å². The largest absolute Gasteiger partial charge is 0.478 e. The molecule has 0 radical (unpaired) electrons. The summed E-state index contributed by atoms with van der Waals surface area (Å²) in [6.07, 6.45) is 1.35. The molecule has 3 aromatic rings. The predicted octanol–water partition coefficient (Wildman–Crippen LogP) is 2.43. The van der Waals surface area contributed by atoms with E-state index in [2.05, 4.69) is 9.97 Å². The van der Waals surface area contributed by atoms with Crippen LogP contribution in [-0.4, -0.2) is 25.6 Å². The molecular formula is C14H11N3O2. The SMILES string of the molecule is Cc1nc2cc(C(=O)O)cnc2n1-c1ccccc1. The van der Waals surface area contributed by atoms with Crippen LogP contribution in [0.1, 0.15) is 16.2 Å². The van der Waals surface area contributed by atoms with Crippen molar-refractivity contribution in [3.63, 3.8) is 0 Å². The highest BCUT2D eigenvalue weighted by molar-refractivity contribution is 5.91. The third kappa shape index (κ3) is 1.85. The first kappa shape index (κ1) is 11.4. The van der Waals surface area contributed by atoms with E-state index in [4.69, 9.17) is 5.11 Å². The van der Waals surface area contributed by atoms with Crippen LogP contribution in [0.25, 0.3) is 16.9 Å². The van der Waals surface area contributed by atoms with Gasteiger partial charge in [-0.05, 0) is 25.1 Å². The zero-order valence-electron chi connectivity index (χ0n) is 10.2. The molecule has 0 spiro atoms. The lowest BCUT2D eigenvalue weighted by molar-refractivity contribution is 0.0696. The number of hydrogen-bond donors (Lipinski definition) is 1. The molecule has 2 aromatic heterocycles. The number of pyridine rings is 1.